The number of aliphatic hydroxyl groups excluding tert-OH is 1. The third-order valence-corrected chi connectivity index (χ3v) is 2.93. The van der Waals surface area contributed by atoms with E-state index >= 15 is 0 Å². The number of ether oxygens (including phenoxy) is 1. The first-order chi connectivity index (χ1) is 10.1. The van der Waals surface area contributed by atoms with Crippen molar-refractivity contribution in [3.8, 4) is 5.75 Å². The van der Waals surface area contributed by atoms with E-state index in [1.54, 1.807) is 12.1 Å². The van der Waals surface area contributed by atoms with Gasteiger partial charge in [0.15, 0.2) is 0 Å². The number of aliphatic hydroxyl groups is 1. The minimum absolute atomic E-state index is 0.226. The molecule has 2 aromatic rings. The number of benzene rings is 2. The Kier molecular flexibility index (Phi) is 4.49. The molecule has 0 aliphatic carbocycles. The van der Waals surface area contributed by atoms with Gasteiger partial charge in [0.05, 0.1) is 19.4 Å². The molecule has 0 bridgehead atoms. The van der Waals surface area contributed by atoms with Crippen molar-refractivity contribution in [3.63, 3.8) is 0 Å². The number of hydrogen-bond acceptors (Lipinski definition) is 3. The van der Waals surface area contributed by atoms with Gasteiger partial charge in [0.2, 0.25) is 0 Å². The Morgan fingerprint density at radius 1 is 1.24 bits per heavy atom. The van der Waals surface area contributed by atoms with Crippen molar-refractivity contribution < 1.29 is 23.4 Å². The molecule has 6 heteroatoms. The van der Waals surface area contributed by atoms with Gasteiger partial charge < -0.3 is 15.2 Å². The van der Waals surface area contributed by atoms with E-state index in [2.05, 4.69) is 5.32 Å². The number of rotatable bonds is 4. The fourth-order valence-corrected chi connectivity index (χ4v) is 1.84. The van der Waals surface area contributed by atoms with Crippen molar-refractivity contribution in [2.45, 2.75) is 6.61 Å². The molecule has 1 amide bonds. The first kappa shape index (κ1) is 14.9. The second-order valence-corrected chi connectivity index (χ2v) is 4.23. The molecule has 2 N–H and O–H groups in total. The van der Waals surface area contributed by atoms with Crippen LogP contribution in [-0.2, 0) is 6.61 Å². The highest BCUT2D eigenvalue weighted by Crippen LogP contribution is 2.24. The Bertz CT molecular complexity index is 654. The van der Waals surface area contributed by atoms with Crippen LogP contribution in [0.4, 0.5) is 14.5 Å². The molecule has 0 aliphatic rings. The van der Waals surface area contributed by atoms with Gasteiger partial charge in [-0.15, -0.1) is 0 Å². The van der Waals surface area contributed by atoms with Crippen LogP contribution in [0.5, 0.6) is 5.75 Å². The fraction of sp³-hybridized carbons (Fsp3) is 0.133. The summed E-state index contributed by atoms with van der Waals surface area (Å²) in [5.41, 5.74) is -0.0467. The first-order valence-electron chi connectivity index (χ1n) is 6.10. The summed E-state index contributed by atoms with van der Waals surface area (Å²) in [5, 5.41) is 11.6. The molecule has 0 aliphatic heterocycles. The van der Waals surface area contributed by atoms with Crippen LogP contribution in [0, 0.1) is 11.6 Å². The zero-order valence-corrected chi connectivity index (χ0v) is 11.2. The van der Waals surface area contributed by atoms with Crippen molar-refractivity contribution in [1.82, 2.24) is 0 Å². The first-order valence-corrected chi connectivity index (χ1v) is 6.10. The molecular formula is C15H13F2NO3. The third kappa shape index (κ3) is 3.17. The van der Waals surface area contributed by atoms with Crippen LogP contribution in [0.1, 0.15) is 15.9 Å². The maximum absolute atomic E-state index is 13.6. The van der Waals surface area contributed by atoms with Gasteiger partial charge in [0, 0.05) is 11.6 Å². The van der Waals surface area contributed by atoms with Crippen molar-refractivity contribution in [1.29, 1.82) is 0 Å². The van der Waals surface area contributed by atoms with Gasteiger partial charge in [-0.05, 0) is 18.2 Å². The van der Waals surface area contributed by atoms with Crippen molar-refractivity contribution >= 4 is 11.6 Å². The zero-order valence-electron chi connectivity index (χ0n) is 11.2. The second kappa shape index (κ2) is 6.32. The highest BCUT2D eigenvalue weighted by Gasteiger charge is 2.18. The van der Waals surface area contributed by atoms with Gasteiger partial charge in [-0.1, -0.05) is 12.1 Å². The molecule has 2 rings (SSSR count). The smallest absolute Gasteiger partial charge is 0.261 e. The predicted molar refractivity (Wildman–Crippen MR) is 73.2 cm³/mol. The van der Waals surface area contributed by atoms with Crippen LogP contribution >= 0.6 is 0 Å². The number of nitrogens with one attached hydrogen (secondary N) is 1. The Morgan fingerprint density at radius 2 is 1.90 bits per heavy atom. The molecule has 0 unspecified atom stereocenters. The Labute approximate surface area is 120 Å². The quantitative estimate of drug-likeness (QED) is 0.911. The van der Waals surface area contributed by atoms with Crippen LogP contribution in [0.3, 0.4) is 0 Å². The Morgan fingerprint density at radius 3 is 2.48 bits per heavy atom. The SMILES string of the molecule is COc1ccc(CO)c(NC(=O)c2c(F)cccc2F)c1. The van der Waals surface area contributed by atoms with E-state index in [9.17, 15) is 18.7 Å². The van der Waals surface area contributed by atoms with Crippen LogP contribution < -0.4 is 10.1 Å². The minimum atomic E-state index is -0.957. The van der Waals surface area contributed by atoms with E-state index in [4.69, 9.17) is 4.74 Å². The van der Waals surface area contributed by atoms with Gasteiger partial charge in [0.1, 0.15) is 22.9 Å². The molecule has 4 nitrogen and oxygen atoms in total. The fourth-order valence-electron chi connectivity index (χ4n) is 1.84. The number of halogens is 2. The average molecular weight is 293 g/mol. The number of carbonyl (C=O) groups is 1. The molecular weight excluding hydrogens is 280 g/mol. The van der Waals surface area contributed by atoms with Gasteiger partial charge in [-0.3, -0.25) is 4.79 Å². The average Bonchev–Trinajstić information content (AvgIpc) is 2.47. The van der Waals surface area contributed by atoms with Crippen LogP contribution in [-0.4, -0.2) is 18.1 Å². The van der Waals surface area contributed by atoms with Crippen molar-refractivity contribution in [3.05, 3.63) is 59.2 Å². The third-order valence-electron chi connectivity index (χ3n) is 2.93. The van der Waals surface area contributed by atoms with E-state index in [1.807, 2.05) is 0 Å². The maximum atomic E-state index is 13.6. The lowest BCUT2D eigenvalue weighted by atomic mass is 10.1. The summed E-state index contributed by atoms with van der Waals surface area (Å²) >= 11 is 0. The topological polar surface area (TPSA) is 58.6 Å². The molecule has 0 spiro atoms. The highest BCUT2D eigenvalue weighted by molar-refractivity contribution is 6.05. The number of anilines is 1. The predicted octanol–water partition coefficient (Wildman–Crippen LogP) is 2.72. The van der Waals surface area contributed by atoms with Gasteiger partial charge in [0.25, 0.3) is 5.91 Å². The lowest BCUT2D eigenvalue weighted by Crippen LogP contribution is -2.17. The van der Waals surface area contributed by atoms with E-state index in [0.29, 0.717) is 11.3 Å². The number of amides is 1. The summed E-state index contributed by atoms with van der Waals surface area (Å²) in [4.78, 5) is 12.0. The molecule has 0 aromatic heterocycles. The van der Waals surface area contributed by atoms with Crippen molar-refractivity contribution in [2.75, 3.05) is 12.4 Å². The summed E-state index contributed by atoms with van der Waals surface area (Å²) in [6.45, 7) is -0.334. The van der Waals surface area contributed by atoms with Crippen LogP contribution in [0.25, 0.3) is 0 Å². The largest absolute Gasteiger partial charge is 0.497 e. The molecule has 0 heterocycles. The zero-order chi connectivity index (χ0) is 15.4. The lowest BCUT2D eigenvalue weighted by Gasteiger charge is -2.12. The molecule has 2 aromatic carbocycles. The number of methoxy groups -OCH3 is 1. The molecule has 0 atom stereocenters. The van der Waals surface area contributed by atoms with Gasteiger partial charge in [-0.2, -0.15) is 0 Å². The molecule has 0 radical (unpaired) electrons. The number of hydrogen-bond donors (Lipinski definition) is 2. The highest BCUT2D eigenvalue weighted by atomic mass is 19.1. The normalized spacial score (nSPS) is 10.3. The standard InChI is InChI=1S/C15H13F2NO3/c1-21-10-6-5-9(8-19)13(7-10)18-15(20)14-11(16)3-2-4-12(14)17/h2-7,19H,8H2,1H3,(H,18,20). The summed E-state index contributed by atoms with van der Waals surface area (Å²) in [5.74, 6) is -2.41. The van der Waals surface area contributed by atoms with E-state index in [0.717, 1.165) is 12.1 Å². The van der Waals surface area contributed by atoms with Gasteiger partial charge in [-0.25, -0.2) is 8.78 Å². The van der Waals surface area contributed by atoms with E-state index in [1.165, 1.54) is 19.2 Å². The molecule has 110 valence electrons. The monoisotopic (exact) mass is 293 g/mol. The van der Waals surface area contributed by atoms with E-state index < -0.39 is 23.1 Å². The number of carbonyl (C=O) groups excluding carboxylic acids is 1. The Balaban J connectivity index is 2.35. The molecule has 0 saturated heterocycles. The molecule has 0 saturated carbocycles. The van der Waals surface area contributed by atoms with E-state index in [-0.39, 0.29) is 12.3 Å². The second-order valence-electron chi connectivity index (χ2n) is 4.23. The summed E-state index contributed by atoms with van der Waals surface area (Å²) in [6.07, 6.45) is 0. The summed E-state index contributed by atoms with van der Waals surface area (Å²) < 4.78 is 32.1. The summed E-state index contributed by atoms with van der Waals surface area (Å²) in [7, 11) is 1.44. The van der Waals surface area contributed by atoms with Crippen LogP contribution in [0.15, 0.2) is 36.4 Å². The minimum Gasteiger partial charge on any atom is -0.497 e. The summed E-state index contributed by atoms with van der Waals surface area (Å²) in [6, 6.07) is 7.78. The molecule has 21 heavy (non-hydrogen) atoms. The Hall–Kier alpha value is -2.47. The van der Waals surface area contributed by atoms with Gasteiger partial charge >= 0.3 is 0 Å². The van der Waals surface area contributed by atoms with Crippen molar-refractivity contribution in [2.24, 2.45) is 0 Å². The van der Waals surface area contributed by atoms with Crippen LogP contribution in [0.2, 0.25) is 0 Å². The molecule has 0 fully saturated rings. The lowest BCUT2D eigenvalue weighted by molar-refractivity contribution is 0.101. The maximum Gasteiger partial charge on any atom is 0.261 e.